The van der Waals surface area contributed by atoms with Crippen molar-refractivity contribution < 1.29 is 9.84 Å². The summed E-state index contributed by atoms with van der Waals surface area (Å²) in [5.74, 6) is 0. The number of halogens is 2. The Hall–Kier alpha value is -1.86. The van der Waals surface area contributed by atoms with Gasteiger partial charge in [0.05, 0.1) is 35.6 Å². The monoisotopic (exact) mass is 488 g/mol. The summed E-state index contributed by atoms with van der Waals surface area (Å²) in [4.78, 5) is 8.72. The lowest BCUT2D eigenvalue weighted by molar-refractivity contribution is 0.182. The van der Waals surface area contributed by atoms with E-state index in [2.05, 4.69) is 54.0 Å². The molecule has 4 nitrogen and oxygen atoms in total. The molecule has 1 N–H and O–H groups in total. The van der Waals surface area contributed by atoms with Gasteiger partial charge in [-0.1, -0.05) is 44.0 Å². The van der Waals surface area contributed by atoms with Gasteiger partial charge in [0.1, 0.15) is 0 Å². The van der Waals surface area contributed by atoms with Gasteiger partial charge in [0.2, 0.25) is 0 Å². The number of aliphatic hydroxyl groups is 1. The van der Waals surface area contributed by atoms with Crippen molar-refractivity contribution in [3.8, 4) is 0 Å². The summed E-state index contributed by atoms with van der Waals surface area (Å²) in [6.45, 7) is 0.554. The minimum atomic E-state index is -0.00793. The molecule has 0 atom stereocenters. The molecule has 0 saturated carbocycles. The van der Waals surface area contributed by atoms with Crippen molar-refractivity contribution in [3.63, 3.8) is 0 Å². The van der Waals surface area contributed by atoms with E-state index >= 15 is 0 Å². The van der Waals surface area contributed by atoms with Gasteiger partial charge in [0.15, 0.2) is 0 Å². The molecule has 0 amide bonds. The lowest BCUT2D eigenvalue weighted by atomic mass is 10.2. The SMILES string of the molecule is COCc1ccc2cc(Br)ccc2n1.OCc1ccc2cc(Br)ccc2n1. The lowest BCUT2D eigenvalue weighted by Gasteiger charge is -2.01. The Morgan fingerprint density at radius 2 is 1.30 bits per heavy atom. The largest absolute Gasteiger partial charge is 0.390 e. The first-order valence-electron chi connectivity index (χ1n) is 8.29. The minimum absolute atomic E-state index is 0.00793. The number of fused-ring (bicyclic) bond motifs is 2. The standard InChI is InChI=1S/C11H10BrNO.C10H8BrNO/c1-14-7-10-4-2-8-6-9(12)3-5-11(8)13-10;11-8-2-4-10-7(5-8)1-3-9(6-13)12-10/h2-6H,7H2,1H3;1-5,13H,6H2. The normalized spacial score (nSPS) is 10.7. The van der Waals surface area contributed by atoms with Crippen LogP contribution in [0.3, 0.4) is 0 Å². The van der Waals surface area contributed by atoms with Crippen molar-refractivity contribution in [1.29, 1.82) is 0 Å². The molecule has 0 aliphatic heterocycles. The summed E-state index contributed by atoms with van der Waals surface area (Å²) in [6.07, 6.45) is 0. The van der Waals surface area contributed by atoms with Gasteiger partial charge < -0.3 is 9.84 Å². The molecule has 0 unspecified atom stereocenters. The predicted octanol–water partition coefficient (Wildman–Crippen LogP) is 5.63. The zero-order chi connectivity index (χ0) is 19.2. The Bertz CT molecular complexity index is 1070. The maximum absolute atomic E-state index is 8.88. The number of hydrogen-bond donors (Lipinski definition) is 1. The second-order valence-electron chi connectivity index (χ2n) is 5.87. The molecule has 138 valence electrons. The van der Waals surface area contributed by atoms with Crippen LogP contribution in [-0.4, -0.2) is 22.2 Å². The number of aromatic nitrogens is 2. The highest BCUT2D eigenvalue weighted by molar-refractivity contribution is 9.10. The van der Waals surface area contributed by atoms with E-state index < -0.39 is 0 Å². The van der Waals surface area contributed by atoms with Crippen LogP contribution >= 0.6 is 31.9 Å². The number of benzene rings is 2. The van der Waals surface area contributed by atoms with Crippen molar-refractivity contribution in [2.24, 2.45) is 0 Å². The number of aliphatic hydroxyl groups excluding tert-OH is 1. The van der Waals surface area contributed by atoms with Gasteiger partial charge in [0, 0.05) is 26.8 Å². The molecule has 0 saturated heterocycles. The van der Waals surface area contributed by atoms with Crippen LogP contribution in [0.1, 0.15) is 11.4 Å². The summed E-state index contributed by atoms with van der Waals surface area (Å²) >= 11 is 6.82. The molecule has 2 aromatic heterocycles. The molecule has 4 rings (SSSR count). The zero-order valence-corrected chi connectivity index (χ0v) is 17.9. The van der Waals surface area contributed by atoms with Gasteiger partial charge in [-0.2, -0.15) is 0 Å². The van der Waals surface area contributed by atoms with Crippen LogP contribution in [0.5, 0.6) is 0 Å². The maximum Gasteiger partial charge on any atom is 0.0884 e. The minimum Gasteiger partial charge on any atom is -0.390 e. The van der Waals surface area contributed by atoms with Crippen LogP contribution in [0.25, 0.3) is 21.8 Å². The van der Waals surface area contributed by atoms with Gasteiger partial charge in [-0.05, 0) is 48.5 Å². The Morgan fingerprint density at radius 1 is 0.778 bits per heavy atom. The Kier molecular flexibility index (Phi) is 6.90. The highest BCUT2D eigenvalue weighted by atomic mass is 79.9. The van der Waals surface area contributed by atoms with E-state index in [0.717, 1.165) is 36.4 Å². The molecular formula is C21H18Br2N2O2. The van der Waals surface area contributed by atoms with Gasteiger partial charge >= 0.3 is 0 Å². The first kappa shape index (κ1) is 19.9. The fourth-order valence-corrected chi connectivity index (χ4v) is 3.35. The summed E-state index contributed by atoms with van der Waals surface area (Å²) < 4.78 is 7.14. The number of ether oxygens (including phenoxy) is 1. The third-order valence-electron chi connectivity index (χ3n) is 3.87. The Balaban J connectivity index is 0.000000156. The average Bonchev–Trinajstić information content (AvgIpc) is 2.68. The molecule has 4 aromatic rings. The van der Waals surface area contributed by atoms with E-state index in [9.17, 15) is 0 Å². The molecule has 0 bridgehead atoms. The van der Waals surface area contributed by atoms with E-state index in [1.54, 1.807) is 7.11 Å². The maximum atomic E-state index is 8.88. The molecule has 0 aliphatic carbocycles. The van der Waals surface area contributed by atoms with Crippen LogP contribution in [-0.2, 0) is 18.0 Å². The zero-order valence-electron chi connectivity index (χ0n) is 14.7. The highest BCUT2D eigenvalue weighted by Crippen LogP contribution is 2.19. The van der Waals surface area contributed by atoms with E-state index in [4.69, 9.17) is 9.84 Å². The number of hydrogen-bond acceptors (Lipinski definition) is 4. The first-order valence-corrected chi connectivity index (χ1v) is 9.88. The molecule has 0 aliphatic rings. The fraction of sp³-hybridized carbons (Fsp3) is 0.143. The molecule has 6 heteroatoms. The van der Waals surface area contributed by atoms with Crippen molar-refractivity contribution in [2.75, 3.05) is 7.11 Å². The number of pyridine rings is 2. The van der Waals surface area contributed by atoms with Crippen molar-refractivity contribution in [3.05, 3.63) is 81.0 Å². The second-order valence-corrected chi connectivity index (χ2v) is 7.70. The van der Waals surface area contributed by atoms with Gasteiger partial charge in [-0.15, -0.1) is 0 Å². The van der Waals surface area contributed by atoms with Gasteiger partial charge in [-0.3, -0.25) is 9.97 Å². The van der Waals surface area contributed by atoms with Crippen molar-refractivity contribution >= 4 is 53.7 Å². The molecule has 27 heavy (non-hydrogen) atoms. The Morgan fingerprint density at radius 3 is 1.81 bits per heavy atom. The van der Waals surface area contributed by atoms with Crippen LogP contribution in [0.2, 0.25) is 0 Å². The lowest BCUT2D eigenvalue weighted by Crippen LogP contribution is -1.91. The second kappa shape index (κ2) is 9.37. The summed E-state index contributed by atoms with van der Waals surface area (Å²) in [7, 11) is 1.67. The molecular weight excluding hydrogens is 472 g/mol. The molecule has 2 heterocycles. The van der Waals surface area contributed by atoms with E-state index in [1.807, 2.05) is 48.5 Å². The van der Waals surface area contributed by atoms with E-state index in [1.165, 1.54) is 0 Å². The summed E-state index contributed by atoms with van der Waals surface area (Å²) in [5, 5.41) is 11.1. The van der Waals surface area contributed by atoms with Gasteiger partial charge in [0.25, 0.3) is 0 Å². The third kappa shape index (κ3) is 5.32. The van der Waals surface area contributed by atoms with Crippen LogP contribution in [0.15, 0.2) is 69.6 Å². The van der Waals surface area contributed by atoms with E-state index in [-0.39, 0.29) is 6.61 Å². The predicted molar refractivity (Wildman–Crippen MR) is 116 cm³/mol. The smallest absolute Gasteiger partial charge is 0.0884 e. The van der Waals surface area contributed by atoms with Gasteiger partial charge in [-0.25, -0.2) is 0 Å². The van der Waals surface area contributed by atoms with Crippen molar-refractivity contribution in [2.45, 2.75) is 13.2 Å². The molecule has 2 aromatic carbocycles. The molecule has 0 fully saturated rings. The number of nitrogens with zero attached hydrogens (tertiary/aromatic N) is 2. The molecule has 0 radical (unpaired) electrons. The first-order chi connectivity index (χ1) is 13.1. The highest BCUT2D eigenvalue weighted by Gasteiger charge is 1.99. The Labute approximate surface area is 174 Å². The van der Waals surface area contributed by atoms with Crippen LogP contribution in [0.4, 0.5) is 0 Å². The van der Waals surface area contributed by atoms with E-state index in [0.29, 0.717) is 12.3 Å². The van der Waals surface area contributed by atoms with Crippen LogP contribution < -0.4 is 0 Å². The van der Waals surface area contributed by atoms with Crippen molar-refractivity contribution in [1.82, 2.24) is 9.97 Å². The summed E-state index contributed by atoms with van der Waals surface area (Å²) in [5.41, 5.74) is 3.58. The quantitative estimate of drug-likeness (QED) is 0.405. The fourth-order valence-electron chi connectivity index (χ4n) is 2.59. The number of methoxy groups -OCH3 is 1. The molecule has 0 spiro atoms. The average molecular weight is 490 g/mol. The topological polar surface area (TPSA) is 55.2 Å². The van der Waals surface area contributed by atoms with Crippen LogP contribution in [0, 0.1) is 0 Å². The number of rotatable bonds is 3. The third-order valence-corrected chi connectivity index (χ3v) is 4.86. The summed E-state index contributed by atoms with van der Waals surface area (Å²) in [6, 6.07) is 19.7.